The second-order valence-corrected chi connectivity index (χ2v) is 6.08. The molecule has 3 nitrogen and oxygen atoms in total. The number of hydrogen-bond acceptors (Lipinski definition) is 4. The van der Waals surface area contributed by atoms with Gasteiger partial charge in [-0.2, -0.15) is 0 Å². The largest absolute Gasteiger partial charge is 0.493 e. The third-order valence-electron chi connectivity index (χ3n) is 3.21. The molecular weight excluding hydrogens is 318 g/mol. The summed E-state index contributed by atoms with van der Waals surface area (Å²) in [5, 5.41) is 1.62. The average Bonchev–Trinajstić information content (AvgIpc) is 2.94. The quantitative estimate of drug-likeness (QED) is 0.663. The van der Waals surface area contributed by atoms with Crippen LogP contribution in [0.25, 0.3) is 22.4 Å². The van der Waals surface area contributed by atoms with Crippen molar-refractivity contribution in [2.75, 3.05) is 14.2 Å². The second kappa shape index (κ2) is 6.38. The second-order valence-electron chi connectivity index (χ2n) is 4.58. The molecule has 0 saturated carbocycles. The molecule has 0 saturated heterocycles. The van der Waals surface area contributed by atoms with Crippen LogP contribution < -0.4 is 9.47 Å². The molecule has 0 aliphatic rings. The van der Waals surface area contributed by atoms with E-state index >= 15 is 0 Å². The molecular formula is C17H14ClNO2S. The Bertz CT molecular complexity index is 842. The highest BCUT2D eigenvalue weighted by atomic mass is 35.5. The molecule has 0 atom stereocenters. The van der Waals surface area contributed by atoms with E-state index in [0.29, 0.717) is 16.5 Å². The highest BCUT2D eigenvalue weighted by molar-refractivity contribution is 7.19. The number of fused-ring (bicyclic) bond motifs is 1. The molecule has 0 aliphatic carbocycles. The lowest BCUT2D eigenvalue weighted by molar-refractivity contribution is 0.354. The van der Waals surface area contributed by atoms with E-state index in [1.165, 1.54) is 0 Å². The van der Waals surface area contributed by atoms with E-state index in [1.54, 1.807) is 25.6 Å². The normalized spacial score (nSPS) is 11.2. The van der Waals surface area contributed by atoms with E-state index in [-0.39, 0.29) is 0 Å². The van der Waals surface area contributed by atoms with Gasteiger partial charge in [-0.1, -0.05) is 23.7 Å². The smallest absolute Gasteiger partial charge is 0.167 e. The van der Waals surface area contributed by atoms with Gasteiger partial charge in [0.2, 0.25) is 0 Å². The van der Waals surface area contributed by atoms with Gasteiger partial charge in [0.1, 0.15) is 5.01 Å². The molecule has 0 aliphatic heterocycles. The zero-order valence-corrected chi connectivity index (χ0v) is 13.7. The Morgan fingerprint density at radius 1 is 1.09 bits per heavy atom. The maximum absolute atomic E-state index is 5.99. The van der Waals surface area contributed by atoms with Gasteiger partial charge in [0.15, 0.2) is 11.5 Å². The summed E-state index contributed by atoms with van der Waals surface area (Å²) in [6, 6.07) is 11.5. The molecule has 0 N–H and O–H groups in total. The number of hydrogen-bond donors (Lipinski definition) is 0. The van der Waals surface area contributed by atoms with Crippen molar-refractivity contribution in [2.45, 2.75) is 0 Å². The van der Waals surface area contributed by atoms with Gasteiger partial charge in [0.25, 0.3) is 0 Å². The summed E-state index contributed by atoms with van der Waals surface area (Å²) in [4.78, 5) is 4.56. The zero-order valence-electron chi connectivity index (χ0n) is 12.2. The van der Waals surface area contributed by atoms with Crippen molar-refractivity contribution in [3.8, 4) is 11.5 Å². The lowest BCUT2D eigenvalue weighted by Crippen LogP contribution is -1.92. The highest BCUT2D eigenvalue weighted by Gasteiger charge is 2.07. The van der Waals surface area contributed by atoms with Crippen LogP contribution >= 0.6 is 22.9 Å². The van der Waals surface area contributed by atoms with Gasteiger partial charge < -0.3 is 9.47 Å². The van der Waals surface area contributed by atoms with Gasteiger partial charge in [-0.05, 0) is 36.4 Å². The van der Waals surface area contributed by atoms with Crippen LogP contribution in [0, 0.1) is 0 Å². The van der Waals surface area contributed by atoms with Crippen LogP contribution in [-0.2, 0) is 0 Å². The molecule has 22 heavy (non-hydrogen) atoms. The summed E-state index contributed by atoms with van der Waals surface area (Å²) in [6.07, 6.45) is 3.94. The number of benzene rings is 2. The van der Waals surface area contributed by atoms with E-state index in [2.05, 4.69) is 4.98 Å². The molecule has 0 fully saturated rings. The molecule has 0 unspecified atom stereocenters. The van der Waals surface area contributed by atoms with E-state index in [9.17, 15) is 0 Å². The summed E-state index contributed by atoms with van der Waals surface area (Å²) in [6.45, 7) is 0. The van der Waals surface area contributed by atoms with Crippen LogP contribution in [0.15, 0.2) is 36.4 Å². The maximum Gasteiger partial charge on any atom is 0.167 e. The van der Waals surface area contributed by atoms with Crippen molar-refractivity contribution in [3.05, 3.63) is 52.0 Å². The summed E-state index contributed by atoms with van der Waals surface area (Å²) in [7, 11) is 3.26. The van der Waals surface area contributed by atoms with Crippen molar-refractivity contribution in [2.24, 2.45) is 0 Å². The number of thiazole rings is 1. The Morgan fingerprint density at radius 2 is 1.95 bits per heavy atom. The molecule has 0 amide bonds. The summed E-state index contributed by atoms with van der Waals surface area (Å²) < 4.78 is 11.8. The molecule has 3 rings (SSSR count). The zero-order chi connectivity index (χ0) is 15.5. The van der Waals surface area contributed by atoms with Crippen molar-refractivity contribution < 1.29 is 9.47 Å². The van der Waals surface area contributed by atoms with Crippen LogP contribution in [0.5, 0.6) is 11.5 Å². The molecule has 0 bridgehead atoms. The number of ether oxygens (including phenoxy) is 2. The highest BCUT2D eigenvalue weighted by Crippen LogP contribution is 2.32. The number of halogens is 1. The third-order valence-corrected chi connectivity index (χ3v) is 4.44. The van der Waals surface area contributed by atoms with E-state index < -0.39 is 0 Å². The van der Waals surface area contributed by atoms with Gasteiger partial charge >= 0.3 is 0 Å². The standard InChI is InChI=1S/C17H14ClNO2S/c1-20-14-5-3-4-11(17(14)21-2)6-9-16-19-13-10-12(18)7-8-15(13)22-16/h3-10H,1-2H3/b9-6+. The van der Waals surface area contributed by atoms with Crippen LogP contribution in [-0.4, -0.2) is 19.2 Å². The predicted octanol–water partition coefficient (Wildman–Crippen LogP) is 5.14. The molecule has 0 radical (unpaired) electrons. The first-order valence-corrected chi connectivity index (χ1v) is 7.86. The predicted molar refractivity (Wildman–Crippen MR) is 93.1 cm³/mol. The number of methoxy groups -OCH3 is 2. The Balaban J connectivity index is 1.95. The van der Waals surface area contributed by atoms with Gasteiger partial charge in [-0.25, -0.2) is 4.98 Å². The number of aromatic nitrogens is 1. The van der Waals surface area contributed by atoms with Crippen LogP contribution in [0.4, 0.5) is 0 Å². The molecule has 2 aromatic carbocycles. The van der Waals surface area contributed by atoms with Gasteiger partial charge in [-0.3, -0.25) is 0 Å². The van der Waals surface area contributed by atoms with E-state index in [0.717, 1.165) is 20.8 Å². The number of nitrogens with zero attached hydrogens (tertiary/aromatic N) is 1. The fourth-order valence-electron chi connectivity index (χ4n) is 2.19. The number of rotatable bonds is 4. The van der Waals surface area contributed by atoms with Crippen LogP contribution in [0.1, 0.15) is 10.6 Å². The van der Waals surface area contributed by atoms with Crippen LogP contribution in [0.3, 0.4) is 0 Å². The third kappa shape index (κ3) is 2.93. The van der Waals surface area contributed by atoms with Gasteiger partial charge in [-0.15, -0.1) is 11.3 Å². The van der Waals surface area contributed by atoms with E-state index in [1.807, 2.05) is 48.6 Å². The SMILES string of the molecule is COc1cccc(/C=C/c2nc3cc(Cl)ccc3s2)c1OC. The molecule has 0 spiro atoms. The summed E-state index contributed by atoms with van der Waals surface area (Å²) in [5.41, 5.74) is 1.86. The Labute approximate surface area is 137 Å². The average molecular weight is 332 g/mol. The van der Waals surface area contributed by atoms with Crippen molar-refractivity contribution in [1.82, 2.24) is 4.98 Å². The fraction of sp³-hybridized carbons (Fsp3) is 0.118. The molecule has 5 heteroatoms. The topological polar surface area (TPSA) is 31.4 Å². The Kier molecular flexibility index (Phi) is 4.32. The van der Waals surface area contributed by atoms with Crippen molar-refractivity contribution in [1.29, 1.82) is 0 Å². The Morgan fingerprint density at radius 3 is 2.73 bits per heavy atom. The van der Waals surface area contributed by atoms with Gasteiger partial charge in [0, 0.05) is 10.6 Å². The molecule has 1 aromatic heterocycles. The monoisotopic (exact) mass is 331 g/mol. The first-order valence-electron chi connectivity index (χ1n) is 6.66. The fourth-order valence-corrected chi connectivity index (χ4v) is 3.21. The first kappa shape index (κ1) is 14.9. The number of para-hydroxylation sites is 1. The van der Waals surface area contributed by atoms with Crippen LogP contribution in [0.2, 0.25) is 5.02 Å². The first-order chi connectivity index (χ1) is 10.7. The lowest BCUT2D eigenvalue weighted by atomic mass is 10.1. The van der Waals surface area contributed by atoms with Gasteiger partial charge in [0.05, 0.1) is 24.4 Å². The lowest BCUT2D eigenvalue weighted by Gasteiger charge is -2.09. The van der Waals surface area contributed by atoms with E-state index in [4.69, 9.17) is 21.1 Å². The minimum atomic E-state index is 0.697. The summed E-state index contributed by atoms with van der Waals surface area (Å²) in [5.74, 6) is 1.42. The summed E-state index contributed by atoms with van der Waals surface area (Å²) >= 11 is 7.61. The maximum atomic E-state index is 5.99. The molecule has 3 aromatic rings. The van der Waals surface area contributed by atoms with Crippen molar-refractivity contribution in [3.63, 3.8) is 0 Å². The minimum Gasteiger partial charge on any atom is -0.493 e. The minimum absolute atomic E-state index is 0.697. The molecule has 112 valence electrons. The Hall–Kier alpha value is -2.04. The van der Waals surface area contributed by atoms with Crippen molar-refractivity contribution >= 4 is 45.3 Å². The molecule has 1 heterocycles.